The molecule has 2 aromatic rings. The van der Waals surface area contributed by atoms with Crippen LogP contribution in [0.25, 0.3) is 0 Å². The number of piperidine rings is 1. The van der Waals surface area contributed by atoms with Crippen LogP contribution in [0.15, 0.2) is 24.4 Å². The van der Waals surface area contributed by atoms with E-state index in [1.807, 2.05) is 0 Å². The van der Waals surface area contributed by atoms with Crippen LogP contribution < -0.4 is 15.0 Å². The van der Waals surface area contributed by atoms with Crippen LogP contribution in [0.5, 0.6) is 5.75 Å². The summed E-state index contributed by atoms with van der Waals surface area (Å²) in [6, 6.07) is 4.84. The van der Waals surface area contributed by atoms with E-state index in [-0.39, 0.29) is 32.5 Å². The van der Waals surface area contributed by atoms with E-state index in [0.29, 0.717) is 67.4 Å². The lowest BCUT2D eigenvalue weighted by molar-refractivity contribution is -0.163. The minimum absolute atomic E-state index is 0.0106. The zero-order chi connectivity index (χ0) is 38.4. The van der Waals surface area contributed by atoms with Gasteiger partial charge in [-0.3, -0.25) is 9.69 Å². The fraction of sp³-hybridized carbons (Fsp3) is 0.676. The Kier molecular flexibility index (Phi) is 8.88. The molecule has 5 aliphatic carbocycles. The molecule has 54 heavy (non-hydrogen) atoms. The molecule has 1 aromatic carbocycles. The topological polar surface area (TPSA) is 108 Å². The lowest BCUT2D eigenvalue weighted by Gasteiger charge is -2.59. The highest BCUT2D eigenvalue weighted by molar-refractivity contribution is 5.99. The van der Waals surface area contributed by atoms with Crippen molar-refractivity contribution >= 4 is 23.5 Å². The van der Waals surface area contributed by atoms with Crippen molar-refractivity contribution in [2.24, 2.45) is 23.7 Å². The van der Waals surface area contributed by atoms with Gasteiger partial charge in [0, 0.05) is 49.8 Å². The number of likely N-dealkylation sites (tertiary alicyclic amines) is 1. The Morgan fingerprint density at radius 3 is 2.13 bits per heavy atom. The smallest absolute Gasteiger partial charge is 0.434 e. The average Bonchev–Trinajstić information content (AvgIpc) is 3.40. The number of carbonyl (C=O) groups is 2. The third kappa shape index (κ3) is 6.65. The number of aliphatic carboxylic acids is 1. The molecule has 1 aromatic heterocycles. The summed E-state index contributed by atoms with van der Waals surface area (Å²) in [6.45, 7) is -0.688. The quantitative estimate of drug-likeness (QED) is 0.279. The molecule has 1 spiro atoms. The van der Waals surface area contributed by atoms with Crippen LogP contribution in [-0.2, 0) is 16.4 Å². The number of halogens is 8. The first-order valence-corrected chi connectivity index (χ1v) is 18.6. The highest BCUT2D eigenvalue weighted by atomic mass is 19.4. The highest BCUT2D eigenvalue weighted by Crippen LogP contribution is 2.59. The third-order valence-corrected chi connectivity index (χ3v) is 13.1. The Balaban J connectivity index is 1.08. The van der Waals surface area contributed by atoms with Crippen molar-refractivity contribution in [3.05, 3.63) is 41.2 Å². The number of carbonyl (C=O) groups excluding carboxylic acids is 1. The molecule has 4 bridgehead atoms. The second-order valence-electron chi connectivity index (χ2n) is 16.5. The molecular weight excluding hydrogens is 730 g/mol. The second-order valence-corrected chi connectivity index (χ2v) is 16.5. The number of hydrogen-bond donors (Lipinski definition) is 2. The summed E-state index contributed by atoms with van der Waals surface area (Å²) in [5.41, 5.74) is -4.11. The van der Waals surface area contributed by atoms with Crippen LogP contribution in [0.4, 0.5) is 46.8 Å². The maximum Gasteiger partial charge on any atom is 0.434 e. The molecule has 1 amide bonds. The molecule has 294 valence electrons. The van der Waals surface area contributed by atoms with E-state index < -0.39 is 95.6 Å². The summed E-state index contributed by atoms with van der Waals surface area (Å²) in [6.07, 6.45) is -5.99. The number of amides is 1. The number of hydrogen-bond acceptors (Lipinski definition) is 7. The number of nitrogens with zero attached hydrogens (tertiary/aromatic N) is 4. The van der Waals surface area contributed by atoms with Gasteiger partial charge in [0.05, 0.1) is 12.1 Å². The SMILES string of the molecule is O=C(NC1(C(=O)O)C2CC3CC(C2)CC1C3)c1cnc(N2CC3(CCC(F)(F)CC3)c3cc(OC4CCN(CC(F)(F)F)CC4)ccc32)nc1C(F)(F)F. The maximum absolute atomic E-state index is 14.7. The Morgan fingerprint density at radius 2 is 1.56 bits per heavy atom. The normalized spacial score (nSPS) is 30.4. The van der Waals surface area contributed by atoms with E-state index in [0.717, 1.165) is 12.6 Å². The summed E-state index contributed by atoms with van der Waals surface area (Å²) in [4.78, 5) is 37.3. The Labute approximate surface area is 305 Å². The van der Waals surface area contributed by atoms with Gasteiger partial charge in [-0.25, -0.2) is 23.5 Å². The first kappa shape index (κ1) is 37.2. The largest absolute Gasteiger partial charge is 0.490 e. The molecule has 1 saturated heterocycles. The number of ether oxygens (including phenoxy) is 1. The number of anilines is 2. The zero-order valence-electron chi connectivity index (χ0n) is 29.3. The highest BCUT2D eigenvalue weighted by Gasteiger charge is 2.62. The van der Waals surface area contributed by atoms with Crippen molar-refractivity contribution in [2.75, 3.05) is 31.1 Å². The van der Waals surface area contributed by atoms with Gasteiger partial charge in [0.2, 0.25) is 11.9 Å². The predicted octanol–water partition coefficient (Wildman–Crippen LogP) is 7.51. The minimum Gasteiger partial charge on any atom is -0.490 e. The number of rotatable bonds is 7. The molecule has 2 N–H and O–H groups in total. The van der Waals surface area contributed by atoms with E-state index in [2.05, 4.69) is 15.3 Å². The minimum atomic E-state index is -5.13. The number of aromatic nitrogens is 2. The molecular formula is C37H41F8N5O4. The predicted molar refractivity (Wildman–Crippen MR) is 177 cm³/mol. The van der Waals surface area contributed by atoms with Gasteiger partial charge in [-0.05, 0) is 105 Å². The van der Waals surface area contributed by atoms with E-state index >= 15 is 0 Å². The number of benzene rings is 1. The molecule has 0 atom stereocenters. The number of carboxylic acid groups (broad SMARTS) is 1. The molecule has 0 unspecified atom stereocenters. The monoisotopic (exact) mass is 771 g/mol. The fourth-order valence-electron chi connectivity index (χ4n) is 10.7. The van der Waals surface area contributed by atoms with Crippen LogP contribution in [0.3, 0.4) is 0 Å². The van der Waals surface area contributed by atoms with E-state index in [1.54, 1.807) is 18.2 Å². The van der Waals surface area contributed by atoms with Gasteiger partial charge in [0.1, 0.15) is 17.4 Å². The molecule has 2 aliphatic heterocycles. The summed E-state index contributed by atoms with van der Waals surface area (Å²) >= 11 is 0. The summed E-state index contributed by atoms with van der Waals surface area (Å²) < 4.78 is 118. The Hall–Kier alpha value is -3.76. The van der Waals surface area contributed by atoms with Crippen molar-refractivity contribution in [3.8, 4) is 5.75 Å². The van der Waals surface area contributed by atoms with Gasteiger partial charge in [0.25, 0.3) is 5.91 Å². The van der Waals surface area contributed by atoms with Crippen molar-refractivity contribution in [2.45, 2.75) is 106 Å². The number of alkyl halides is 8. The summed E-state index contributed by atoms with van der Waals surface area (Å²) in [7, 11) is 0. The first-order chi connectivity index (χ1) is 25.3. The van der Waals surface area contributed by atoms with Crippen molar-refractivity contribution in [1.82, 2.24) is 20.2 Å². The Bertz CT molecular complexity index is 1770. The van der Waals surface area contributed by atoms with E-state index in [9.17, 15) is 49.8 Å². The van der Waals surface area contributed by atoms with Gasteiger partial charge in [-0.2, -0.15) is 26.3 Å². The van der Waals surface area contributed by atoms with Gasteiger partial charge < -0.3 is 20.1 Å². The fourth-order valence-corrected chi connectivity index (χ4v) is 10.7. The summed E-state index contributed by atoms with van der Waals surface area (Å²) in [5.74, 6) is -5.58. The van der Waals surface area contributed by atoms with Crippen LogP contribution in [0.2, 0.25) is 0 Å². The molecule has 17 heteroatoms. The van der Waals surface area contributed by atoms with Crippen molar-refractivity contribution < 1.29 is 54.6 Å². The second kappa shape index (κ2) is 12.9. The molecule has 6 fully saturated rings. The van der Waals surface area contributed by atoms with Crippen molar-refractivity contribution in [3.63, 3.8) is 0 Å². The molecule has 5 saturated carbocycles. The Morgan fingerprint density at radius 1 is 0.926 bits per heavy atom. The van der Waals surface area contributed by atoms with Crippen LogP contribution in [-0.4, -0.2) is 81.8 Å². The van der Waals surface area contributed by atoms with Crippen LogP contribution in [0, 0.1) is 23.7 Å². The molecule has 9 rings (SSSR count). The first-order valence-electron chi connectivity index (χ1n) is 18.6. The van der Waals surface area contributed by atoms with Crippen LogP contribution in [0.1, 0.15) is 92.2 Å². The molecule has 7 aliphatic rings. The average molecular weight is 772 g/mol. The summed E-state index contributed by atoms with van der Waals surface area (Å²) in [5, 5.41) is 13.0. The van der Waals surface area contributed by atoms with Gasteiger partial charge in [-0.1, -0.05) is 0 Å². The molecule has 9 nitrogen and oxygen atoms in total. The van der Waals surface area contributed by atoms with Crippen LogP contribution >= 0.6 is 0 Å². The van der Waals surface area contributed by atoms with Gasteiger partial charge >= 0.3 is 18.3 Å². The van der Waals surface area contributed by atoms with E-state index in [4.69, 9.17) is 4.74 Å². The van der Waals surface area contributed by atoms with Gasteiger partial charge in [-0.15, -0.1) is 0 Å². The lowest BCUT2D eigenvalue weighted by Crippen LogP contribution is -2.70. The molecule has 3 heterocycles. The lowest BCUT2D eigenvalue weighted by atomic mass is 9.48. The third-order valence-electron chi connectivity index (χ3n) is 13.1. The number of carboxylic acids is 1. The van der Waals surface area contributed by atoms with Crippen molar-refractivity contribution in [1.29, 1.82) is 0 Å². The standard InChI is InChI=1S/C37H41F8N5O4/c38-34(39)7-5-33(6-8-34)18-50(28-2-1-25(16-27(28)33)54-24-3-9-49(10-4-24)19-35(40,41)42)32-46-17-26(29(47-32)37(43,44)45)30(51)48-36(31(52)53)22-12-20-11-21(14-22)15-23(36)13-20/h1-2,16-17,20-24H,3-15,18-19H2,(H,48,51)(H,52,53). The maximum atomic E-state index is 14.7. The zero-order valence-corrected chi connectivity index (χ0v) is 29.3. The van der Waals surface area contributed by atoms with E-state index in [1.165, 1.54) is 9.80 Å². The van der Waals surface area contributed by atoms with Gasteiger partial charge in [0.15, 0.2) is 5.69 Å². The molecule has 0 radical (unpaired) electrons. The number of nitrogens with one attached hydrogen (secondary N) is 1. The number of fused-ring (bicyclic) bond motifs is 2.